The van der Waals surface area contributed by atoms with Gasteiger partial charge in [-0.05, 0) is 54.1 Å². The average Bonchev–Trinajstić information content (AvgIpc) is 2.38. The van der Waals surface area contributed by atoms with E-state index in [0.717, 1.165) is 13.0 Å². The molecule has 106 valence electrons. The molecule has 2 aromatic rings. The number of rotatable bonds is 5. The summed E-state index contributed by atoms with van der Waals surface area (Å²) in [5.74, 6) is 0.698. The summed E-state index contributed by atoms with van der Waals surface area (Å²) < 4.78 is 0. The molecule has 0 aliphatic rings. The van der Waals surface area contributed by atoms with E-state index in [-0.39, 0.29) is 0 Å². The molecule has 0 fully saturated rings. The molecule has 0 aromatic heterocycles. The molecule has 0 saturated heterocycles. The number of aryl methyl sites for hydroxylation is 1. The summed E-state index contributed by atoms with van der Waals surface area (Å²) in [5, 5.41) is 3.20. The van der Waals surface area contributed by atoms with Gasteiger partial charge in [-0.25, -0.2) is 0 Å². The summed E-state index contributed by atoms with van der Waals surface area (Å²) in [6.45, 7) is 7.66. The molecule has 0 atom stereocenters. The Hall–Kier alpha value is -1.60. The fourth-order valence-corrected chi connectivity index (χ4v) is 2.70. The van der Waals surface area contributed by atoms with Crippen molar-refractivity contribution in [3.05, 3.63) is 59.2 Å². The second-order valence-electron chi connectivity index (χ2n) is 5.98. The third kappa shape index (κ3) is 3.71. The van der Waals surface area contributed by atoms with Crippen LogP contribution >= 0.6 is 0 Å². The van der Waals surface area contributed by atoms with E-state index in [0.29, 0.717) is 5.92 Å². The van der Waals surface area contributed by atoms with E-state index in [2.05, 4.69) is 68.6 Å². The third-order valence-electron chi connectivity index (χ3n) is 3.55. The molecule has 0 saturated carbocycles. The van der Waals surface area contributed by atoms with E-state index in [1.807, 2.05) is 7.05 Å². The number of nitrogens with one attached hydrogen (secondary N) is 1. The lowest BCUT2D eigenvalue weighted by molar-refractivity contribution is 0.647. The Kier molecular flexibility index (Phi) is 4.97. The second-order valence-corrected chi connectivity index (χ2v) is 5.98. The van der Waals surface area contributed by atoms with Crippen LogP contribution in [0.1, 0.15) is 30.5 Å². The summed E-state index contributed by atoms with van der Waals surface area (Å²) in [7, 11) is 1.98. The van der Waals surface area contributed by atoms with Crippen molar-refractivity contribution in [2.24, 2.45) is 5.92 Å². The zero-order valence-corrected chi connectivity index (χ0v) is 13.0. The van der Waals surface area contributed by atoms with Crippen molar-refractivity contribution in [3.63, 3.8) is 0 Å². The first-order valence-corrected chi connectivity index (χ1v) is 7.43. The van der Waals surface area contributed by atoms with Crippen LogP contribution in [0.4, 0.5) is 0 Å². The van der Waals surface area contributed by atoms with Crippen LogP contribution < -0.4 is 5.32 Å². The van der Waals surface area contributed by atoms with Gasteiger partial charge in [-0.3, -0.25) is 0 Å². The lowest BCUT2D eigenvalue weighted by atomic mass is 9.95. The SMILES string of the molecule is CNCc1ccc(-c2cccc(CC(C)C)c2)c(C)c1. The maximum atomic E-state index is 3.20. The summed E-state index contributed by atoms with van der Waals surface area (Å²) >= 11 is 0. The Morgan fingerprint density at radius 2 is 1.80 bits per heavy atom. The molecule has 1 heteroatoms. The Labute approximate surface area is 123 Å². The first kappa shape index (κ1) is 14.8. The van der Waals surface area contributed by atoms with Gasteiger partial charge >= 0.3 is 0 Å². The van der Waals surface area contributed by atoms with E-state index in [1.165, 1.54) is 27.8 Å². The summed E-state index contributed by atoms with van der Waals surface area (Å²) in [4.78, 5) is 0. The molecule has 0 bridgehead atoms. The lowest BCUT2D eigenvalue weighted by Crippen LogP contribution is -2.05. The van der Waals surface area contributed by atoms with Gasteiger partial charge in [0.1, 0.15) is 0 Å². The Morgan fingerprint density at radius 3 is 2.45 bits per heavy atom. The molecule has 1 N–H and O–H groups in total. The van der Waals surface area contributed by atoms with Crippen LogP contribution in [0.15, 0.2) is 42.5 Å². The first-order chi connectivity index (χ1) is 9.60. The largest absolute Gasteiger partial charge is 0.316 e. The summed E-state index contributed by atoms with van der Waals surface area (Å²) in [5.41, 5.74) is 6.79. The predicted molar refractivity (Wildman–Crippen MR) is 87.9 cm³/mol. The molecule has 0 spiro atoms. The molecular weight excluding hydrogens is 242 g/mol. The van der Waals surface area contributed by atoms with Gasteiger partial charge in [0, 0.05) is 6.54 Å². The molecule has 2 rings (SSSR count). The van der Waals surface area contributed by atoms with Crippen molar-refractivity contribution in [1.82, 2.24) is 5.32 Å². The molecule has 0 heterocycles. The monoisotopic (exact) mass is 267 g/mol. The van der Waals surface area contributed by atoms with Crippen molar-refractivity contribution in [3.8, 4) is 11.1 Å². The highest BCUT2D eigenvalue weighted by atomic mass is 14.8. The minimum absolute atomic E-state index is 0.698. The lowest BCUT2D eigenvalue weighted by Gasteiger charge is -2.11. The third-order valence-corrected chi connectivity index (χ3v) is 3.55. The van der Waals surface area contributed by atoms with E-state index in [9.17, 15) is 0 Å². The predicted octanol–water partition coefficient (Wildman–Crippen LogP) is 4.58. The molecule has 0 unspecified atom stereocenters. The Balaban J connectivity index is 2.31. The molecule has 0 aliphatic heterocycles. The minimum atomic E-state index is 0.698. The van der Waals surface area contributed by atoms with Gasteiger partial charge in [0.25, 0.3) is 0 Å². The molecule has 20 heavy (non-hydrogen) atoms. The van der Waals surface area contributed by atoms with Crippen LogP contribution in [0.2, 0.25) is 0 Å². The van der Waals surface area contributed by atoms with Gasteiger partial charge < -0.3 is 5.32 Å². The second kappa shape index (κ2) is 6.71. The molecule has 2 aromatic carbocycles. The Morgan fingerprint density at radius 1 is 1.00 bits per heavy atom. The average molecular weight is 267 g/mol. The number of benzene rings is 2. The highest BCUT2D eigenvalue weighted by Gasteiger charge is 2.05. The normalized spacial score (nSPS) is 11.1. The van der Waals surface area contributed by atoms with Gasteiger partial charge in [-0.1, -0.05) is 56.3 Å². The van der Waals surface area contributed by atoms with E-state index in [1.54, 1.807) is 0 Å². The summed E-state index contributed by atoms with van der Waals surface area (Å²) in [6, 6.07) is 15.7. The zero-order chi connectivity index (χ0) is 14.5. The van der Waals surface area contributed by atoms with E-state index in [4.69, 9.17) is 0 Å². The zero-order valence-electron chi connectivity index (χ0n) is 13.0. The van der Waals surface area contributed by atoms with Gasteiger partial charge in [-0.2, -0.15) is 0 Å². The number of hydrogen-bond donors (Lipinski definition) is 1. The molecular formula is C19H25N. The quantitative estimate of drug-likeness (QED) is 0.836. The molecule has 0 amide bonds. The fourth-order valence-electron chi connectivity index (χ4n) is 2.70. The number of hydrogen-bond acceptors (Lipinski definition) is 1. The maximum Gasteiger partial charge on any atom is 0.0202 e. The van der Waals surface area contributed by atoms with Crippen molar-refractivity contribution in [2.75, 3.05) is 7.05 Å². The van der Waals surface area contributed by atoms with Gasteiger partial charge in [0.15, 0.2) is 0 Å². The highest BCUT2D eigenvalue weighted by Crippen LogP contribution is 2.26. The van der Waals surface area contributed by atoms with Crippen molar-refractivity contribution in [1.29, 1.82) is 0 Å². The van der Waals surface area contributed by atoms with Crippen molar-refractivity contribution < 1.29 is 0 Å². The van der Waals surface area contributed by atoms with Crippen LogP contribution in [0, 0.1) is 12.8 Å². The molecule has 0 aliphatic carbocycles. The van der Waals surface area contributed by atoms with E-state index >= 15 is 0 Å². The van der Waals surface area contributed by atoms with E-state index < -0.39 is 0 Å². The van der Waals surface area contributed by atoms with Crippen LogP contribution in [-0.2, 0) is 13.0 Å². The maximum absolute atomic E-state index is 3.20. The van der Waals surface area contributed by atoms with Crippen LogP contribution in [0.3, 0.4) is 0 Å². The molecule has 1 nitrogen and oxygen atoms in total. The highest BCUT2D eigenvalue weighted by molar-refractivity contribution is 5.68. The molecule has 0 radical (unpaired) electrons. The topological polar surface area (TPSA) is 12.0 Å². The van der Waals surface area contributed by atoms with Crippen LogP contribution in [-0.4, -0.2) is 7.05 Å². The van der Waals surface area contributed by atoms with Crippen molar-refractivity contribution >= 4 is 0 Å². The van der Waals surface area contributed by atoms with Gasteiger partial charge in [0.05, 0.1) is 0 Å². The Bertz CT molecular complexity index is 570. The minimum Gasteiger partial charge on any atom is -0.316 e. The fraction of sp³-hybridized carbons (Fsp3) is 0.368. The van der Waals surface area contributed by atoms with Gasteiger partial charge in [-0.15, -0.1) is 0 Å². The van der Waals surface area contributed by atoms with Crippen LogP contribution in [0.25, 0.3) is 11.1 Å². The van der Waals surface area contributed by atoms with Crippen molar-refractivity contribution in [2.45, 2.75) is 33.7 Å². The van der Waals surface area contributed by atoms with Gasteiger partial charge in [0.2, 0.25) is 0 Å². The summed E-state index contributed by atoms with van der Waals surface area (Å²) in [6.07, 6.45) is 1.14. The van der Waals surface area contributed by atoms with Crippen LogP contribution in [0.5, 0.6) is 0 Å². The first-order valence-electron chi connectivity index (χ1n) is 7.43. The smallest absolute Gasteiger partial charge is 0.0202 e. The standard InChI is InChI=1S/C19H25N/c1-14(2)10-16-6-5-7-18(12-16)19-9-8-17(13-20-4)11-15(19)3/h5-9,11-12,14,20H,10,13H2,1-4H3.